The SMILES string of the molecule is CCCCCCCCCCCCOc1ccccc1CNC(=O)CCC(C)N.Cl. The van der Waals surface area contributed by atoms with Crippen LogP contribution in [-0.4, -0.2) is 18.6 Å². The Morgan fingerprint density at radius 3 is 2.21 bits per heavy atom. The van der Waals surface area contributed by atoms with E-state index < -0.39 is 0 Å². The number of benzene rings is 1. The van der Waals surface area contributed by atoms with Crippen molar-refractivity contribution in [3.05, 3.63) is 29.8 Å². The highest BCUT2D eigenvalue weighted by Crippen LogP contribution is 2.18. The highest BCUT2D eigenvalue weighted by atomic mass is 35.5. The topological polar surface area (TPSA) is 64.3 Å². The summed E-state index contributed by atoms with van der Waals surface area (Å²) in [5, 5.41) is 2.96. The summed E-state index contributed by atoms with van der Waals surface area (Å²) in [4.78, 5) is 11.9. The molecule has 1 amide bonds. The van der Waals surface area contributed by atoms with Crippen molar-refractivity contribution in [1.29, 1.82) is 0 Å². The number of para-hydroxylation sites is 1. The zero-order valence-corrected chi connectivity index (χ0v) is 19.4. The van der Waals surface area contributed by atoms with Crippen LogP contribution in [0.4, 0.5) is 0 Å². The van der Waals surface area contributed by atoms with E-state index in [4.69, 9.17) is 10.5 Å². The number of hydrogen-bond acceptors (Lipinski definition) is 3. The van der Waals surface area contributed by atoms with Gasteiger partial charge in [0.2, 0.25) is 5.91 Å². The number of ether oxygens (including phenoxy) is 1. The summed E-state index contributed by atoms with van der Waals surface area (Å²) < 4.78 is 5.97. The number of carbonyl (C=O) groups excluding carboxylic acids is 1. The van der Waals surface area contributed by atoms with E-state index in [1.807, 2.05) is 31.2 Å². The fourth-order valence-electron chi connectivity index (χ4n) is 3.20. The van der Waals surface area contributed by atoms with Crippen LogP contribution in [0.25, 0.3) is 0 Å². The van der Waals surface area contributed by atoms with E-state index in [0.29, 0.717) is 19.4 Å². The number of carbonyl (C=O) groups is 1. The van der Waals surface area contributed by atoms with Crippen LogP contribution in [-0.2, 0) is 11.3 Å². The summed E-state index contributed by atoms with van der Waals surface area (Å²) in [6, 6.07) is 8.02. The Kier molecular flexibility index (Phi) is 17.9. The molecule has 0 spiro atoms. The molecule has 0 heterocycles. The van der Waals surface area contributed by atoms with E-state index in [1.165, 1.54) is 57.8 Å². The van der Waals surface area contributed by atoms with Gasteiger partial charge in [-0.05, 0) is 25.8 Å². The number of nitrogens with two attached hydrogens (primary N) is 1. The van der Waals surface area contributed by atoms with E-state index in [0.717, 1.165) is 24.3 Å². The second-order valence-corrected chi connectivity index (χ2v) is 7.93. The molecule has 29 heavy (non-hydrogen) atoms. The van der Waals surface area contributed by atoms with Gasteiger partial charge in [0, 0.05) is 24.6 Å². The first-order chi connectivity index (χ1) is 13.6. The maximum absolute atomic E-state index is 11.9. The fraction of sp³-hybridized carbons (Fsp3) is 0.708. The molecule has 1 aromatic rings. The Bertz CT molecular complexity index is 523. The molecule has 168 valence electrons. The van der Waals surface area contributed by atoms with Crippen LogP contribution in [0.1, 0.15) is 96.5 Å². The van der Waals surface area contributed by atoms with Crippen molar-refractivity contribution in [2.24, 2.45) is 5.73 Å². The first-order valence-corrected chi connectivity index (χ1v) is 11.4. The smallest absolute Gasteiger partial charge is 0.220 e. The monoisotopic (exact) mass is 426 g/mol. The van der Waals surface area contributed by atoms with E-state index in [-0.39, 0.29) is 24.4 Å². The molecule has 3 N–H and O–H groups in total. The van der Waals surface area contributed by atoms with E-state index in [2.05, 4.69) is 12.2 Å². The molecule has 0 aliphatic carbocycles. The first-order valence-electron chi connectivity index (χ1n) is 11.4. The highest BCUT2D eigenvalue weighted by Gasteiger charge is 2.07. The minimum atomic E-state index is 0. The van der Waals surface area contributed by atoms with Crippen LogP contribution in [0.15, 0.2) is 24.3 Å². The largest absolute Gasteiger partial charge is 0.493 e. The third kappa shape index (κ3) is 15.3. The van der Waals surface area contributed by atoms with E-state index in [1.54, 1.807) is 0 Å². The lowest BCUT2D eigenvalue weighted by atomic mass is 10.1. The Balaban J connectivity index is 0.00000784. The average molecular weight is 427 g/mol. The fourth-order valence-corrected chi connectivity index (χ4v) is 3.20. The van der Waals surface area contributed by atoms with Gasteiger partial charge in [0.05, 0.1) is 6.61 Å². The normalized spacial score (nSPS) is 11.6. The second kappa shape index (κ2) is 18.7. The number of halogens is 1. The van der Waals surface area contributed by atoms with Crippen LogP contribution < -0.4 is 15.8 Å². The Labute approximate surface area is 184 Å². The molecule has 1 atom stereocenters. The minimum Gasteiger partial charge on any atom is -0.493 e. The van der Waals surface area contributed by atoms with Crippen molar-refractivity contribution in [3.63, 3.8) is 0 Å². The average Bonchev–Trinajstić information content (AvgIpc) is 2.69. The summed E-state index contributed by atoms with van der Waals surface area (Å²) in [7, 11) is 0. The van der Waals surface area contributed by atoms with Crippen molar-refractivity contribution < 1.29 is 9.53 Å². The van der Waals surface area contributed by atoms with Gasteiger partial charge in [-0.3, -0.25) is 4.79 Å². The van der Waals surface area contributed by atoms with E-state index in [9.17, 15) is 4.79 Å². The molecule has 0 aliphatic heterocycles. The molecule has 0 fully saturated rings. The van der Waals surface area contributed by atoms with Gasteiger partial charge in [0.25, 0.3) is 0 Å². The van der Waals surface area contributed by atoms with Gasteiger partial charge in [-0.15, -0.1) is 12.4 Å². The van der Waals surface area contributed by atoms with Crippen LogP contribution in [0.2, 0.25) is 0 Å². The summed E-state index contributed by atoms with van der Waals surface area (Å²) >= 11 is 0. The Morgan fingerprint density at radius 1 is 1.00 bits per heavy atom. The summed E-state index contributed by atoms with van der Waals surface area (Å²) in [5.41, 5.74) is 6.73. The van der Waals surface area contributed by atoms with Crippen molar-refractivity contribution in [1.82, 2.24) is 5.32 Å². The lowest BCUT2D eigenvalue weighted by Crippen LogP contribution is -2.25. The summed E-state index contributed by atoms with van der Waals surface area (Å²) in [6.45, 7) is 5.43. The molecule has 0 aromatic heterocycles. The summed E-state index contributed by atoms with van der Waals surface area (Å²) in [5.74, 6) is 0.924. The standard InChI is InChI=1S/C24H42N2O2.ClH/c1-3-4-5-6-7-8-9-10-11-14-19-28-23-16-13-12-15-22(23)20-26-24(27)18-17-21(2)25;/h12-13,15-16,21H,3-11,14,17-20,25H2,1-2H3,(H,26,27);1H. The molecule has 0 saturated carbocycles. The number of nitrogens with one attached hydrogen (secondary N) is 1. The van der Waals surface area contributed by atoms with Gasteiger partial charge < -0.3 is 15.8 Å². The molecule has 1 unspecified atom stereocenters. The predicted molar refractivity (Wildman–Crippen MR) is 126 cm³/mol. The quantitative estimate of drug-likeness (QED) is 0.293. The maximum atomic E-state index is 11.9. The molecule has 1 aromatic carbocycles. The van der Waals surface area contributed by atoms with E-state index >= 15 is 0 Å². The molecule has 0 bridgehead atoms. The van der Waals surface area contributed by atoms with Crippen molar-refractivity contribution >= 4 is 18.3 Å². The van der Waals surface area contributed by atoms with Gasteiger partial charge in [-0.2, -0.15) is 0 Å². The number of rotatable bonds is 17. The second-order valence-electron chi connectivity index (χ2n) is 7.93. The van der Waals surface area contributed by atoms with Gasteiger partial charge >= 0.3 is 0 Å². The summed E-state index contributed by atoms with van der Waals surface area (Å²) in [6.07, 6.45) is 14.4. The van der Waals surface area contributed by atoms with Gasteiger partial charge in [-0.1, -0.05) is 82.9 Å². The molecule has 5 heteroatoms. The van der Waals surface area contributed by atoms with Crippen LogP contribution in [0.3, 0.4) is 0 Å². The maximum Gasteiger partial charge on any atom is 0.220 e. The van der Waals surface area contributed by atoms with Crippen LogP contribution in [0.5, 0.6) is 5.75 Å². The predicted octanol–water partition coefficient (Wildman–Crippen LogP) is 6.15. The van der Waals surface area contributed by atoms with Crippen molar-refractivity contribution in [3.8, 4) is 5.75 Å². The third-order valence-electron chi connectivity index (χ3n) is 5.03. The number of unbranched alkanes of at least 4 members (excludes halogenated alkanes) is 9. The van der Waals surface area contributed by atoms with Crippen molar-refractivity contribution in [2.45, 2.75) is 103 Å². The molecule has 1 rings (SSSR count). The molecule has 0 aliphatic rings. The van der Waals surface area contributed by atoms with Gasteiger partial charge in [0.1, 0.15) is 5.75 Å². The molecule has 4 nitrogen and oxygen atoms in total. The molecule has 0 radical (unpaired) electrons. The first kappa shape index (κ1) is 27.7. The Morgan fingerprint density at radius 2 is 1.59 bits per heavy atom. The lowest BCUT2D eigenvalue weighted by molar-refractivity contribution is -0.121. The lowest BCUT2D eigenvalue weighted by Gasteiger charge is -2.12. The zero-order valence-electron chi connectivity index (χ0n) is 18.6. The molecular formula is C24H43ClN2O2. The van der Waals surface area contributed by atoms with Crippen LogP contribution in [0, 0.1) is 0 Å². The zero-order chi connectivity index (χ0) is 20.5. The Hall–Kier alpha value is -1.26. The molecular weight excluding hydrogens is 384 g/mol. The number of hydrogen-bond donors (Lipinski definition) is 2. The molecule has 0 saturated heterocycles. The minimum absolute atomic E-state index is 0. The highest BCUT2D eigenvalue weighted by molar-refractivity contribution is 5.85. The number of amides is 1. The van der Waals surface area contributed by atoms with Crippen LogP contribution >= 0.6 is 12.4 Å². The van der Waals surface area contributed by atoms with Gasteiger partial charge in [-0.25, -0.2) is 0 Å². The van der Waals surface area contributed by atoms with Gasteiger partial charge in [0.15, 0.2) is 0 Å². The van der Waals surface area contributed by atoms with Crippen molar-refractivity contribution in [2.75, 3.05) is 6.61 Å². The third-order valence-corrected chi connectivity index (χ3v) is 5.03.